The molecule has 0 saturated carbocycles. The van der Waals surface area contributed by atoms with Crippen molar-refractivity contribution in [1.29, 1.82) is 0 Å². The zero-order chi connectivity index (χ0) is 16.8. The van der Waals surface area contributed by atoms with Crippen LogP contribution >= 0.6 is 0 Å². The predicted octanol–water partition coefficient (Wildman–Crippen LogP) is 4.24. The van der Waals surface area contributed by atoms with Crippen molar-refractivity contribution in [3.63, 3.8) is 0 Å². The molecule has 3 aromatic rings. The molecule has 0 amide bonds. The van der Waals surface area contributed by atoms with Crippen LogP contribution in [-0.2, 0) is 4.74 Å². The molecule has 4 heteroatoms. The van der Waals surface area contributed by atoms with Crippen LogP contribution in [0.4, 0.5) is 0 Å². The molecule has 0 aliphatic rings. The van der Waals surface area contributed by atoms with Gasteiger partial charge in [-0.05, 0) is 40.5 Å². The normalized spacial score (nSPS) is 11.5. The van der Waals surface area contributed by atoms with Gasteiger partial charge >= 0.3 is 0 Å². The van der Waals surface area contributed by atoms with Crippen LogP contribution < -0.4 is 0 Å². The van der Waals surface area contributed by atoms with Crippen LogP contribution in [0, 0.1) is 0 Å². The van der Waals surface area contributed by atoms with Crippen molar-refractivity contribution in [2.75, 3.05) is 13.7 Å². The van der Waals surface area contributed by atoms with E-state index in [2.05, 4.69) is 40.5 Å². The van der Waals surface area contributed by atoms with Crippen molar-refractivity contribution in [2.24, 2.45) is 5.16 Å². The van der Waals surface area contributed by atoms with E-state index in [1.165, 1.54) is 5.56 Å². The van der Waals surface area contributed by atoms with E-state index in [0.29, 0.717) is 11.4 Å². The molecule has 3 rings (SSSR count). The van der Waals surface area contributed by atoms with Gasteiger partial charge in [-0.15, -0.1) is 0 Å². The van der Waals surface area contributed by atoms with Crippen molar-refractivity contribution in [3.8, 4) is 22.3 Å². The Bertz CT molecular complexity index is 845. The third-order valence-corrected chi connectivity index (χ3v) is 3.76. The number of oxime groups is 1. The summed E-state index contributed by atoms with van der Waals surface area (Å²) in [5.41, 5.74) is 5.41. The largest absolute Gasteiger partial charge is 0.411 e. The van der Waals surface area contributed by atoms with E-state index in [4.69, 9.17) is 9.94 Å². The summed E-state index contributed by atoms with van der Waals surface area (Å²) in [5, 5.41) is 12.4. The fourth-order valence-corrected chi connectivity index (χ4v) is 2.57. The third-order valence-electron chi connectivity index (χ3n) is 3.76. The van der Waals surface area contributed by atoms with Crippen LogP contribution in [0.5, 0.6) is 0 Å². The number of hydrogen-bond donors (Lipinski definition) is 1. The summed E-state index contributed by atoms with van der Waals surface area (Å²) in [6.07, 6.45) is 1.71. The summed E-state index contributed by atoms with van der Waals surface area (Å²) in [4.78, 5) is 4.26. The van der Waals surface area contributed by atoms with Crippen LogP contribution in [0.1, 0.15) is 5.69 Å². The lowest BCUT2D eigenvalue weighted by Crippen LogP contribution is -2.10. The maximum absolute atomic E-state index is 9.13. The molecule has 0 spiro atoms. The minimum atomic E-state index is 0.205. The van der Waals surface area contributed by atoms with Gasteiger partial charge in [-0.1, -0.05) is 53.7 Å². The summed E-state index contributed by atoms with van der Waals surface area (Å²) in [5.74, 6) is 0. The summed E-state index contributed by atoms with van der Waals surface area (Å²) in [6.45, 7) is 0.205. The van der Waals surface area contributed by atoms with Crippen molar-refractivity contribution in [3.05, 3.63) is 78.6 Å². The van der Waals surface area contributed by atoms with Gasteiger partial charge in [0.1, 0.15) is 5.71 Å². The van der Waals surface area contributed by atoms with Crippen molar-refractivity contribution in [1.82, 2.24) is 4.98 Å². The number of methoxy groups -OCH3 is 1. The maximum atomic E-state index is 9.13. The second-order valence-corrected chi connectivity index (χ2v) is 5.36. The third kappa shape index (κ3) is 3.50. The van der Waals surface area contributed by atoms with Gasteiger partial charge in [0.25, 0.3) is 0 Å². The molecule has 4 nitrogen and oxygen atoms in total. The van der Waals surface area contributed by atoms with E-state index in [1.54, 1.807) is 13.3 Å². The number of aromatic nitrogens is 1. The molecule has 120 valence electrons. The fraction of sp³-hybridized carbons (Fsp3) is 0.100. The highest BCUT2D eigenvalue weighted by Gasteiger charge is 2.08. The van der Waals surface area contributed by atoms with Crippen molar-refractivity contribution < 1.29 is 9.94 Å². The Morgan fingerprint density at radius 3 is 2.29 bits per heavy atom. The van der Waals surface area contributed by atoms with E-state index in [0.717, 1.165) is 16.7 Å². The Morgan fingerprint density at radius 1 is 0.917 bits per heavy atom. The van der Waals surface area contributed by atoms with Gasteiger partial charge in [-0.2, -0.15) is 0 Å². The number of hydrogen-bond acceptors (Lipinski definition) is 4. The number of pyridine rings is 1. The molecule has 24 heavy (non-hydrogen) atoms. The lowest BCUT2D eigenvalue weighted by Gasteiger charge is -2.08. The summed E-state index contributed by atoms with van der Waals surface area (Å²) in [7, 11) is 1.55. The summed E-state index contributed by atoms with van der Waals surface area (Å²) < 4.78 is 5.04. The van der Waals surface area contributed by atoms with E-state index in [9.17, 15) is 0 Å². The van der Waals surface area contributed by atoms with Gasteiger partial charge in [0.05, 0.1) is 12.3 Å². The van der Waals surface area contributed by atoms with E-state index in [1.807, 2.05) is 36.4 Å². The molecular weight excluding hydrogens is 300 g/mol. The maximum Gasteiger partial charge on any atom is 0.131 e. The molecule has 0 atom stereocenters. The molecule has 0 unspecified atom stereocenters. The molecule has 2 aromatic carbocycles. The molecule has 1 aromatic heterocycles. The average molecular weight is 318 g/mol. The number of nitrogens with zero attached hydrogens (tertiary/aromatic N) is 2. The van der Waals surface area contributed by atoms with Crippen LogP contribution in [0.2, 0.25) is 0 Å². The minimum absolute atomic E-state index is 0.205. The Balaban J connectivity index is 1.98. The van der Waals surface area contributed by atoms with E-state index in [-0.39, 0.29) is 6.61 Å². The minimum Gasteiger partial charge on any atom is -0.411 e. The smallest absolute Gasteiger partial charge is 0.131 e. The summed E-state index contributed by atoms with van der Waals surface area (Å²) >= 11 is 0. The van der Waals surface area contributed by atoms with Crippen LogP contribution in [0.15, 0.2) is 78.1 Å². The molecule has 0 saturated heterocycles. The van der Waals surface area contributed by atoms with E-state index >= 15 is 0 Å². The predicted molar refractivity (Wildman–Crippen MR) is 95.3 cm³/mol. The van der Waals surface area contributed by atoms with Crippen molar-refractivity contribution in [2.45, 2.75) is 0 Å². The van der Waals surface area contributed by atoms with Gasteiger partial charge in [0.2, 0.25) is 0 Å². The molecule has 0 bridgehead atoms. The fourth-order valence-electron chi connectivity index (χ4n) is 2.57. The highest BCUT2D eigenvalue weighted by molar-refractivity contribution is 6.00. The van der Waals surface area contributed by atoms with Gasteiger partial charge in [0.15, 0.2) is 0 Å². The molecule has 1 N–H and O–H groups in total. The Labute approximate surface area is 141 Å². The topological polar surface area (TPSA) is 54.7 Å². The number of ether oxygens (including phenoxy) is 1. The zero-order valence-electron chi connectivity index (χ0n) is 13.4. The first-order chi connectivity index (χ1) is 11.8. The highest BCUT2D eigenvalue weighted by atomic mass is 16.5. The van der Waals surface area contributed by atoms with Gasteiger partial charge in [-0.3, -0.25) is 4.98 Å². The zero-order valence-corrected chi connectivity index (χ0v) is 13.4. The van der Waals surface area contributed by atoms with Gasteiger partial charge in [0, 0.05) is 13.3 Å². The highest BCUT2D eigenvalue weighted by Crippen LogP contribution is 2.26. The van der Waals surface area contributed by atoms with Crippen LogP contribution in [0.25, 0.3) is 22.3 Å². The molecular formula is C20H18N2O2. The molecule has 0 aliphatic carbocycles. The second-order valence-electron chi connectivity index (χ2n) is 5.36. The van der Waals surface area contributed by atoms with E-state index < -0.39 is 0 Å². The number of benzene rings is 2. The second kappa shape index (κ2) is 7.53. The molecule has 0 aliphatic heterocycles. The molecule has 0 radical (unpaired) electrons. The average Bonchev–Trinajstić information content (AvgIpc) is 2.67. The Morgan fingerprint density at radius 2 is 1.58 bits per heavy atom. The summed E-state index contributed by atoms with van der Waals surface area (Å²) in [6, 6.07) is 22.4. The lowest BCUT2D eigenvalue weighted by molar-refractivity contribution is 0.237. The van der Waals surface area contributed by atoms with Crippen molar-refractivity contribution >= 4 is 5.71 Å². The Hall–Kier alpha value is -2.98. The quantitative estimate of drug-likeness (QED) is 0.435. The van der Waals surface area contributed by atoms with Crippen LogP contribution in [-0.4, -0.2) is 29.6 Å². The monoisotopic (exact) mass is 318 g/mol. The first-order valence-corrected chi connectivity index (χ1v) is 7.64. The molecule has 1 heterocycles. The molecule has 0 fully saturated rings. The lowest BCUT2D eigenvalue weighted by atomic mass is 9.99. The van der Waals surface area contributed by atoms with Crippen LogP contribution in [0.3, 0.4) is 0 Å². The standard InChI is InChI=1S/C20H18N2O2/c1-24-14-20(22-23)19-13-18(10-11-21-19)17-9-5-8-16(12-17)15-6-3-2-4-7-15/h2-13,23H,14H2,1H3/b22-20-. The van der Waals surface area contributed by atoms with Gasteiger partial charge in [-0.25, -0.2) is 0 Å². The SMILES string of the molecule is COC/C(=N/O)c1cc(-c2cccc(-c3ccccc3)c2)ccn1. The first-order valence-electron chi connectivity index (χ1n) is 7.64. The number of rotatable bonds is 5. The Kier molecular flexibility index (Phi) is 4.99. The first kappa shape index (κ1) is 15.9. The van der Waals surface area contributed by atoms with Gasteiger partial charge < -0.3 is 9.94 Å².